The first-order valence-corrected chi connectivity index (χ1v) is 7.25. The second-order valence-corrected chi connectivity index (χ2v) is 5.89. The summed E-state index contributed by atoms with van der Waals surface area (Å²) < 4.78 is 37.2. The van der Waals surface area contributed by atoms with Crippen molar-refractivity contribution in [2.75, 3.05) is 13.1 Å². The van der Waals surface area contributed by atoms with Crippen LogP contribution >= 0.6 is 0 Å². The van der Waals surface area contributed by atoms with Crippen LogP contribution < -0.4 is 0 Å². The molecule has 0 radical (unpaired) electrons. The first-order chi connectivity index (χ1) is 9.79. The van der Waals surface area contributed by atoms with E-state index < -0.39 is 12.1 Å². The molecule has 1 aromatic carbocycles. The molecule has 0 aromatic heterocycles. The Balaban J connectivity index is 2.01. The average molecular weight is 299 g/mol. The Bertz CT molecular complexity index is 502. The minimum atomic E-state index is -4.76. The van der Waals surface area contributed by atoms with Gasteiger partial charge in [-0.05, 0) is 35.8 Å². The van der Waals surface area contributed by atoms with E-state index in [1.807, 2.05) is 12.1 Å². The summed E-state index contributed by atoms with van der Waals surface area (Å²) in [5.41, 5.74) is 2.40. The smallest absolute Gasteiger partial charge is 0.335 e. The Labute approximate surface area is 122 Å². The van der Waals surface area contributed by atoms with Crippen LogP contribution in [0.1, 0.15) is 49.7 Å². The fourth-order valence-electron chi connectivity index (χ4n) is 2.77. The van der Waals surface area contributed by atoms with E-state index in [2.05, 4.69) is 26.0 Å². The number of nitrogens with zero attached hydrogens (tertiary/aromatic N) is 1. The van der Waals surface area contributed by atoms with Gasteiger partial charge >= 0.3 is 12.1 Å². The number of carbonyl (C=O) groups excluding carboxylic acids is 1. The standard InChI is InChI=1S/C16H20F3NO/c1-11(2)13-4-3-5-14(10-13)12-6-8-20(9-7-12)15(21)16(17,18)19/h3-5,10-12H,6-9H2,1-2H3. The van der Waals surface area contributed by atoms with Crippen LogP contribution in [0.5, 0.6) is 0 Å². The number of benzene rings is 1. The third-order valence-electron chi connectivity index (χ3n) is 4.07. The first-order valence-electron chi connectivity index (χ1n) is 7.25. The molecule has 0 saturated carbocycles. The van der Waals surface area contributed by atoms with E-state index in [4.69, 9.17) is 0 Å². The molecule has 1 saturated heterocycles. The number of likely N-dealkylation sites (tertiary alicyclic amines) is 1. The summed E-state index contributed by atoms with van der Waals surface area (Å²) >= 11 is 0. The molecule has 1 aromatic rings. The monoisotopic (exact) mass is 299 g/mol. The van der Waals surface area contributed by atoms with Crippen molar-refractivity contribution in [3.63, 3.8) is 0 Å². The molecule has 21 heavy (non-hydrogen) atoms. The lowest BCUT2D eigenvalue weighted by Gasteiger charge is -2.32. The van der Waals surface area contributed by atoms with Crippen LogP contribution in [0.4, 0.5) is 13.2 Å². The molecule has 2 nitrogen and oxygen atoms in total. The van der Waals surface area contributed by atoms with E-state index >= 15 is 0 Å². The lowest BCUT2D eigenvalue weighted by atomic mass is 9.87. The van der Waals surface area contributed by atoms with Crippen LogP contribution in [-0.4, -0.2) is 30.1 Å². The summed E-state index contributed by atoms with van der Waals surface area (Å²) in [5, 5.41) is 0. The maximum absolute atomic E-state index is 12.4. The van der Waals surface area contributed by atoms with Crippen molar-refractivity contribution in [3.05, 3.63) is 35.4 Å². The van der Waals surface area contributed by atoms with E-state index in [1.165, 1.54) is 11.1 Å². The van der Waals surface area contributed by atoms with E-state index in [0.717, 1.165) is 4.90 Å². The average Bonchev–Trinajstić information content (AvgIpc) is 2.46. The molecule has 1 fully saturated rings. The van der Waals surface area contributed by atoms with Gasteiger partial charge in [-0.2, -0.15) is 13.2 Å². The first kappa shape index (κ1) is 15.9. The van der Waals surface area contributed by atoms with Gasteiger partial charge < -0.3 is 4.90 Å². The number of carbonyl (C=O) groups is 1. The molecule has 0 spiro atoms. The van der Waals surface area contributed by atoms with Gasteiger partial charge in [0.25, 0.3) is 0 Å². The van der Waals surface area contributed by atoms with Gasteiger partial charge in [0.1, 0.15) is 0 Å². The summed E-state index contributed by atoms with van der Waals surface area (Å²) in [6, 6.07) is 8.22. The normalized spacial score (nSPS) is 17.3. The molecule has 5 heteroatoms. The highest BCUT2D eigenvalue weighted by atomic mass is 19.4. The SMILES string of the molecule is CC(C)c1cccc(C2CCN(C(=O)C(F)(F)F)CC2)c1. The number of hydrogen-bond acceptors (Lipinski definition) is 1. The molecule has 0 aliphatic carbocycles. The Morgan fingerprint density at radius 3 is 2.38 bits per heavy atom. The minimum Gasteiger partial charge on any atom is -0.335 e. The summed E-state index contributed by atoms with van der Waals surface area (Å²) in [7, 11) is 0. The van der Waals surface area contributed by atoms with Crippen molar-refractivity contribution in [2.24, 2.45) is 0 Å². The highest BCUT2D eigenvalue weighted by molar-refractivity contribution is 5.81. The third kappa shape index (κ3) is 3.77. The molecular weight excluding hydrogens is 279 g/mol. The predicted molar refractivity (Wildman–Crippen MR) is 75.1 cm³/mol. The molecule has 0 unspecified atom stereocenters. The highest BCUT2D eigenvalue weighted by Gasteiger charge is 2.43. The van der Waals surface area contributed by atoms with Gasteiger partial charge in [-0.15, -0.1) is 0 Å². The molecular formula is C16H20F3NO. The molecule has 1 aliphatic heterocycles. The van der Waals surface area contributed by atoms with Crippen molar-refractivity contribution in [1.82, 2.24) is 4.90 Å². The quantitative estimate of drug-likeness (QED) is 0.806. The Kier molecular flexibility index (Phi) is 4.59. The van der Waals surface area contributed by atoms with Crippen LogP contribution in [0.15, 0.2) is 24.3 Å². The largest absolute Gasteiger partial charge is 0.471 e. The third-order valence-corrected chi connectivity index (χ3v) is 4.07. The van der Waals surface area contributed by atoms with Gasteiger partial charge in [0.05, 0.1) is 0 Å². The van der Waals surface area contributed by atoms with Crippen molar-refractivity contribution in [2.45, 2.75) is 44.7 Å². The van der Waals surface area contributed by atoms with Crippen LogP contribution in [0.3, 0.4) is 0 Å². The zero-order valence-electron chi connectivity index (χ0n) is 12.3. The fraction of sp³-hybridized carbons (Fsp3) is 0.562. The Morgan fingerprint density at radius 1 is 1.24 bits per heavy atom. The van der Waals surface area contributed by atoms with Gasteiger partial charge in [-0.1, -0.05) is 38.1 Å². The molecule has 2 rings (SSSR count). The van der Waals surface area contributed by atoms with Crippen molar-refractivity contribution in [1.29, 1.82) is 0 Å². The van der Waals surface area contributed by atoms with Crippen molar-refractivity contribution < 1.29 is 18.0 Å². The maximum atomic E-state index is 12.4. The molecule has 0 N–H and O–H groups in total. The predicted octanol–water partition coefficient (Wildman–Crippen LogP) is 4.08. The molecule has 1 heterocycles. The van der Waals surface area contributed by atoms with Gasteiger partial charge in [0.2, 0.25) is 0 Å². The summed E-state index contributed by atoms with van der Waals surface area (Å²) in [4.78, 5) is 12.1. The number of amides is 1. The Hall–Kier alpha value is -1.52. The lowest BCUT2D eigenvalue weighted by Crippen LogP contribution is -2.45. The number of hydrogen-bond donors (Lipinski definition) is 0. The zero-order chi connectivity index (χ0) is 15.6. The lowest BCUT2D eigenvalue weighted by molar-refractivity contribution is -0.186. The molecule has 0 atom stereocenters. The zero-order valence-corrected chi connectivity index (χ0v) is 12.3. The van der Waals surface area contributed by atoms with Crippen LogP contribution in [0.2, 0.25) is 0 Å². The van der Waals surface area contributed by atoms with Gasteiger partial charge in [0.15, 0.2) is 0 Å². The molecule has 1 aliphatic rings. The number of piperidine rings is 1. The van der Waals surface area contributed by atoms with Crippen molar-refractivity contribution >= 4 is 5.91 Å². The van der Waals surface area contributed by atoms with E-state index in [0.29, 0.717) is 18.8 Å². The topological polar surface area (TPSA) is 20.3 Å². The fourth-order valence-corrected chi connectivity index (χ4v) is 2.77. The summed E-state index contributed by atoms with van der Waals surface area (Å²) in [6.07, 6.45) is -3.59. The number of rotatable bonds is 2. The van der Waals surface area contributed by atoms with Crippen molar-refractivity contribution in [3.8, 4) is 0 Å². The second-order valence-electron chi connectivity index (χ2n) is 5.89. The van der Waals surface area contributed by atoms with E-state index in [-0.39, 0.29) is 19.0 Å². The molecule has 0 bridgehead atoms. The summed E-state index contributed by atoms with van der Waals surface area (Å²) in [6.45, 7) is 4.58. The van der Waals surface area contributed by atoms with E-state index in [9.17, 15) is 18.0 Å². The number of alkyl halides is 3. The molecule has 1 amide bonds. The van der Waals surface area contributed by atoms with Crippen LogP contribution in [-0.2, 0) is 4.79 Å². The van der Waals surface area contributed by atoms with Crippen LogP contribution in [0, 0.1) is 0 Å². The number of halogens is 3. The molecule has 116 valence electrons. The second kappa shape index (κ2) is 6.08. The van der Waals surface area contributed by atoms with Crippen LogP contribution in [0.25, 0.3) is 0 Å². The van der Waals surface area contributed by atoms with Gasteiger partial charge in [-0.3, -0.25) is 4.79 Å². The van der Waals surface area contributed by atoms with Gasteiger partial charge in [-0.25, -0.2) is 0 Å². The summed E-state index contributed by atoms with van der Waals surface area (Å²) in [5.74, 6) is -1.05. The highest BCUT2D eigenvalue weighted by Crippen LogP contribution is 2.31. The van der Waals surface area contributed by atoms with E-state index in [1.54, 1.807) is 0 Å². The van der Waals surface area contributed by atoms with Gasteiger partial charge in [0, 0.05) is 13.1 Å². The minimum absolute atomic E-state index is 0.176. The maximum Gasteiger partial charge on any atom is 0.471 e. The Morgan fingerprint density at radius 2 is 1.86 bits per heavy atom.